The lowest BCUT2D eigenvalue weighted by Gasteiger charge is -2.15. The van der Waals surface area contributed by atoms with E-state index < -0.39 is 0 Å². The molecule has 2 nitrogen and oxygen atoms in total. The van der Waals surface area contributed by atoms with Crippen LogP contribution in [0, 0.1) is 0 Å². The minimum atomic E-state index is 0.0808. The van der Waals surface area contributed by atoms with Crippen molar-refractivity contribution in [2.75, 3.05) is 5.73 Å². The second kappa shape index (κ2) is 3.78. The highest BCUT2D eigenvalue weighted by Gasteiger charge is 2.26. The summed E-state index contributed by atoms with van der Waals surface area (Å²) in [6.45, 7) is 6.53. The van der Waals surface area contributed by atoms with Crippen LogP contribution in [-0.4, -0.2) is 4.98 Å². The first-order valence-corrected chi connectivity index (χ1v) is 6.57. The van der Waals surface area contributed by atoms with Crippen molar-refractivity contribution in [1.29, 1.82) is 0 Å². The number of hydrogen-bond donors (Lipinski definition) is 1. The van der Waals surface area contributed by atoms with E-state index in [2.05, 4.69) is 20.8 Å². The molecule has 0 amide bonds. The molecule has 0 radical (unpaired) electrons. The number of thiazole rings is 1. The molecule has 3 heteroatoms. The minimum Gasteiger partial charge on any atom is -0.389 e. The maximum absolute atomic E-state index is 6.05. The monoisotopic (exact) mass is 224 g/mol. The molecule has 84 valence electrons. The summed E-state index contributed by atoms with van der Waals surface area (Å²) >= 11 is 1.71. The molecular weight excluding hydrogens is 204 g/mol. The number of nitrogens with zero attached hydrogens (tertiary/aromatic N) is 1. The molecule has 15 heavy (non-hydrogen) atoms. The highest BCUT2D eigenvalue weighted by atomic mass is 32.1. The van der Waals surface area contributed by atoms with Gasteiger partial charge in [-0.1, -0.05) is 33.6 Å². The van der Waals surface area contributed by atoms with Crippen molar-refractivity contribution in [1.82, 2.24) is 4.98 Å². The van der Waals surface area contributed by atoms with Crippen LogP contribution in [0.5, 0.6) is 0 Å². The zero-order valence-electron chi connectivity index (χ0n) is 9.84. The van der Waals surface area contributed by atoms with Crippen LogP contribution in [0.25, 0.3) is 0 Å². The van der Waals surface area contributed by atoms with Crippen molar-refractivity contribution >= 4 is 16.3 Å². The molecule has 2 rings (SSSR count). The molecule has 0 unspecified atom stereocenters. The van der Waals surface area contributed by atoms with Gasteiger partial charge in [-0.15, -0.1) is 11.3 Å². The molecule has 0 saturated heterocycles. The van der Waals surface area contributed by atoms with Crippen molar-refractivity contribution in [3.8, 4) is 0 Å². The van der Waals surface area contributed by atoms with Crippen molar-refractivity contribution in [2.24, 2.45) is 0 Å². The number of hydrogen-bond acceptors (Lipinski definition) is 3. The molecule has 1 saturated carbocycles. The van der Waals surface area contributed by atoms with Crippen LogP contribution < -0.4 is 5.73 Å². The third kappa shape index (κ3) is 2.17. The Hall–Kier alpha value is -0.570. The molecule has 0 atom stereocenters. The Morgan fingerprint density at radius 3 is 2.33 bits per heavy atom. The normalized spacial score (nSPS) is 18.6. The molecule has 1 aliphatic carbocycles. The maximum atomic E-state index is 6.05. The van der Waals surface area contributed by atoms with Gasteiger partial charge in [0.2, 0.25) is 0 Å². The summed E-state index contributed by atoms with van der Waals surface area (Å²) in [4.78, 5) is 4.76. The third-order valence-corrected chi connectivity index (χ3v) is 4.13. The third-order valence-electron chi connectivity index (χ3n) is 3.08. The average molecular weight is 224 g/mol. The Balaban J connectivity index is 2.28. The Morgan fingerprint density at radius 1 is 1.27 bits per heavy atom. The van der Waals surface area contributed by atoms with Crippen molar-refractivity contribution in [3.63, 3.8) is 0 Å². The van der Waals surface area contributed by atoms with Gasteiger partial charge in [0.1, 0.15) is 5.00 Å². The molecule has 0 aromatic carbocycles. The molecule has 0 spiro atoms. The zero-order valence-corrected chi connectivity index (χ0v) is 10.7. The number of anilines is 1. The molecule has 2 N–H and O–H groups in total. The van der Waals surface area contributed by atoms with Crippen LogP contribution in [0.2, 0.25) is 0 Å². The molecule has 0 bridgehead atoms. The van der Waals surface area contributed by atoms with Gasteiger partial charge in [0.05, 0.1) is 10.7 Å². The lowest BCUT2D eigenvalue weighted by Crippen LogP contribution is -2.13. The SMILES string of the molecule is CC(C)(C)c1nc(C2CCCC2)sc1N. The number of nitrogen functional groups attached to an aromatic ring is 1. The Kier molecular flexibility index (Phi) is 2.75. The van der Waals surface area contributed by atoms with Gasteiger partial charge in [-0.2, -0.15) is 0 Å². The van der Waals surface area contributed by atoms with Crippen molar-refractivity contribution < 1.29 is 0 Å². The number of nitrogens with two attached hydrogens (primary N) is 1. The Morgan fingerprint density at radius 2 is 1.87 bits per heavy atom. The molecule has 0 aliphatic heterocycles. The van der Waals surface area contributed by atoms with Crippen LogP contribution in [0.15, 0.2) is 0 Å². The molecule has 1 aromatic rings. The highest BCUT2D eigenvalue weighted by molar-refractivity contribution is 7.15. The van der Waals surface area contributed by atoms with Gasteiger partial charge in [-0.05, 0) is 12.8 Å². The maximum Gasteiger partial charge on any atom is 0.110 e. The van der Waals surface area contributed by atoms with Crippen LogP contribution >= 0.6 is 11.3 Å². The van der Waals surface area contributed by atoms with Crippen LogP contribution in [-0.2, 0) is 5.41 Å². The minimum absolute atomic E-state index is 0.0808. The van der Waals surface area contributed by atoms with Gasteiger partial charge in [-0.3, -0.25) is 0 Å². The number of rotatable bonds is 1. The Labute approximate surface area is 95.9 Å². The second-order valence-electron chi connectivity index (χ2n) is 5.50. The van der Waals surface area contributed by atoms with E-state index in [1.807, 2.05) is 0 Å². The van der Waals surface area contributed by atoms with Gasteiger partial charge in [0.15, 0.2) is 0 Å². The molecule has 1 aromatic heterocycles. The van der Waals surface area contributed by atoms with Gasteiger partial charge < -0.3 is 5.73 Å². The first kappa shape index (κ1) is 10.9. The van der Waals surface area contributed by atoms with E-state index in [4.69, 9.17) is 10.7 Å². The predicted octanol–water partition coefficient (Wildman–Crippen LogP) is 3.68. The van der Waals surface area contributed by atoms with E-state index in [9.17, 15) is 0 Å². The van der Waals surface area contributed by atoms with Crippen LogP contribution in [0.4, 0.5) is 5.00 Å². The summed E-state index contributed by atoms with van der Waals surface area (Å²) in [5.41, 5.74) is 7.22. The van der Waals surface area contributed by atoms with E-state index >= 15 is 0 Å². The van der Waals surface area contributed by atoms with E-state index in [1.165, 1.54) is 30.7 Å². The Bertz CT molecular complexity index is 343. The summed E-state index contributed by atoms with van der Waals surface area (Å²) < 4.78 is 0. The standard InChI is InChI=1S/C12H20N2S/c1-12(2,3)9-10(13)15-11(14-9)8-6-4-5-7-8/h8H,4-7,13H2,1-3H3. The lowest BCUT2D eigenvalue weighted by atomic mass is 9.92. The highest BCUT2D eigenvalue weighted by Crippen LogP contribution is 2.40. The van der Waals surface area contributed by atoms with E-state index in [0.29, 0.717) is 5.92 Å². The van der Waals surface area contributed by atoms with Crippen molar-refractivity contribution in [2.45, 2.75) is 57.8 Å². The summed E-state index contributed by atoms with van der Waals surface area (Å²) in [5, 5.41) is 2.19. The van der Waals surface area contributed by atoms with Gasteiger partial charge in [-0.25, -0.2) is 4.98 Å². The first-order valence-electron chi connectivity index (χ1n) is 5.75. The topological polar surface area (TPSA) is 38.9 Å². The lowest BCUT2D eigenvalue weighted by molar-refractivity contribution is 0.569. The fourth-order valence-electron chi connectivity index (χ4n) is 2.23. The van der Waals surface area contributed by atoms with E-state index in [-0.39, 0.29) is 5.41 Å². The number of aromatic nitrogens is 1. The average Bonchev–Trinajstić information content (AvgIpc) is 2.68. The second-order valence-corrected chi connectivity index (χ2v) is 6.56. The fourth-order valence-corrected chi connectivity index (χ4v) is 3.45. The molecule has 1 fully saturated rings. The predicted molar refractivity (Wildman–Crippen MR) is 66.4 cm³/mol. The van der Waals surface area contributed by atoms with Crippen LogP contribution in [0.1, 0.15) is 63.1 Å². The zero-order chi connectivity index (χ0) is 11.1. The summed E-state index contributed by atoms with van der Waals surface area (Å²) in [6, 6.07) is 0. The molecule has 1 heterocycles. The van der Waals surface area contributed by atoms with Crippen LogP contribution in [0.3, 0.4) is 0 Å². The summed E-state index contributed by atoms with van der Waals surface area (Å²) in [7, 11) is 0. The van der Waals surface area contributed by atoms with Gasteiger partial charge in [0.25, 0.3) is 0 Å². The first-order chi connectivity index (χ1) is 6.98. The van der Waals surface area contributed by atoms with Crippen molar-refractivity contribution in [3.05, 3.63) is 10.7 Å². The van der Waals surface area contributed by atoms with Gasteiger partial charge in [0, 0.05) is 11.3 Å². The largest absolute Gasteiger partial charge is 0.389 e. The quantitative estimate of drug-likeness (QED) is 0.790. The van der Waals surface area contributed by atoms with Gasteiger partial charge >= 0.3 is 0 Å². The summed E-state index contributed by atoms with van der Waals surface area (Å²) in [5.74, 6) is 0.688. The smallest absolute Gasteiger partial charge is 0.110 e. The van der Waals surface area contributed by atoms with E-state index in [0.717, 1.165) is 10.7 Å². The molecular formula is C12H20N2S. The summed E-state index contributed by atoms with van der Waals surface area (Å²) in [6.07, 6.45) is 5.32. The fraction of sp³-hybridized carbons (Fsp3) is 0.750. The molecule has 1 aliphatic rings. The van der Waals surface area contributed by atoms with E-state index in [1.54, 1.807) is 11.3 Å².